The Kier molecular flexibility index (Phi) is 5.18. The number of ether oxygens (including phenoxy) is 2. The van der Waals surface area contributed by atoms with E-state index in [1.807, 2.05) is 56.3 Å². The Morgan fingerprint density at radius 3 is 2.72 bits per heavy atom. The maximum atomic E-state index is 11.9. The zero-order chi connectivity index (χ0) is 17.6. The van der Waals surface area contributed by atoms with Crippen LogP contribution in [0.25, 0.3) is 0 Å². The van der Waals surface area contributed by atoms with Gasteiger partial charge >= 0.3 is 0 Å². The summed E-state index contributed by atoms with van der Waals surface area (Å²) >= 11 is 0. The molecule has 1 aliphatic rings. The third-order valence-electron chi connectivity index (χ3n) is 3.78. The fourth-order valence-corrected chi connectivity index (χ4v) is 2.46. The fraction of sp³-hybridized carbons (Fsp3) is 0.263. The molecule has 3 rings (SSSR count). The molecule has 2 aromatic rings. The van der Waals surface area contributed by atoms with E-state index < -0.39 is 0 Å². The average Bonchev–Trinajstić information content (AvgIpc) is 2.64. The highest BCUT2D eigenvalue weighted by Crippen LogP contribution is 2.30. The number of carbonyl (C=O) groups is 1. The van der Waals surface area contributed by atoms with Crippen molar-refractivity contribution in [3.63, 3.8) is 0 Å². The third-order valence-corrected chi connectivity index (χ3v) is 3.78. The van der Waals surface area contributed by atoms with Gasteiger partial charge in [0.05, 0.1) is 12.3 Å². The van der Waals surface area contributed by atoms with E-state index in [0.29, 0.717) is 24.7 Å². The van der Waals surface area contributed by atoms with E-state index >= 15 is 0 Å². The second-order valence-corrected chi connectivity index (χ2v) is 5.81. The maximum Gasteiger partial charge on any atom is 0.259 e. The summed E-state index contributed by atoms with van der Waals surface area (Å²) < 4.78 is 11.1. The molecular weight excluding hydrogens is 318 g/mol. The summed E-state index contributed by atoms with van der Waals surface area (Å²) in [6, 6.07) is 13.5. The summed E-state index contributed by atoms with van der Waals surface area (Å²) in [5.74, 6) is 1.22. The van der Waals surface area contributed by atoms with Crippen LogP contribution in [-0.2, 0) is 4.79 Å². The molecule has 0 aromatic heterocycles. The van der Waals surface area contributed by atoms with E-state index in [1.54, 1.807) is 0 Å². The summed E-state index contributed by atoms with van der Waals surface area (Å²) in [5.41, 5.74) is 6.17. The van der Waals surface area contributed by atoms with Crippen molar-refractivity contribution >= 4 is 17.3 Å². The summed E-state index contributed by atoms with van der Waals surface area (Å²) in [7, 11) is 0. The van der Waals surface area contributed by atoms with Crippen LogP contribution in [0.2, 0.25) is 0 Å². The van der Waals surface area contributed by atoms with Gasteiger partial charge in [-0.15, -0.1) is 0 Å². The number of nitrogens with one attached hydrogen (secondary N) is 2. The van der Waals surface area contributed by atoms with E-state index in [9.17, 15) is 4.79 Å². The Morgan fingerprint density at radius 2 is 1.92 bits per heavy atom. The van der Waals surface area contributed by atoms with Crippen molar-refractivity contribution < 1.29 is 14.3 Å². The molecule has 6 nitrogen and oxygen atoms in total. The van der Waals surface area contributed by atoms with Gasteiger partial charge in [-0.05, 0) is 49.7 Å². The predicted molar refractivity (Wildman–Crippen MR) is 97.5 cm³/mol. The smallest absolute Gasteiger partial charge is 0.259 e. The number of fused-ring (bicyclic) bond motifs is 1. The fourth-order valence-electron chi connectivity index (χ4n) is 2.46. The maximum absolute atomic E-state index is 11.9. The van der Waals surface area contributed by atoms with Gasteiger partial charge in [-0.25, -0.2) is 5.43 Å². The van der Waals surface area contributed by atoms with Gasteiger partial charge in [0.1, 0.15) is 13.2 Å². The Morgan fingerprint density at radius 1 is 1.12 bits per heavy atom. The summed E-state index contributed by atoms with van der Waals surface area (Å²) in [6.45, 7) is 5.09. The van der Waals surface area contributed by atoms with Gasteiger partial charge in [-0.3, -0.25) is 4.79 Å². The summed E-state index contributed by atoms with van der Waals surface area (Å²) in [4.78, 5) is 11.9. The molecule has 0 saturated heterocycles. The molecule has 0 saturated carbocycles. The molecule has 1 amide bonds. The van der Waals surface area contributed by atoms with E-state index in [4.69, 9.17) is 9.47 Å². The van der Waals surface area contributed by atoms with Gasteiger partial charge in [-0.2, -0.15) is 5.10 Å². The number of aryl methyl sites for hydroxylation is 1. The molecule has 2 aromatic carbocycles. The second kappa shape index (κ2) is 7.70. The lowest BCUT2D eigenvalue weighted by atomic mass is 10.1. The zero-order valence-corrected chi connectivity index (χ0v) is 14.3. The highest BCUT2D eigenvalue weighted by Gasteiger charge is 2.12. The first-order valence-corrected chi connectivity index (χ1v) is 8.15. The summed E-state index contributed by atoms with van der Waals surface area (Å²) in [5, 5.41) is 7.23. The number of nitrogens with zero attached hydrogens (tertiary/aromatic N) is 1. The van der Waals surface area contributed by atoms with Crippen LogP contribution < -0.4 is 20.2 Å². The van der Waals surface area contributed by atoms with Crippen LogP contribution in [0.1, 0.15) is 18.1 Å². The van der Waals surface area contributed by atoms with Crippen molar-refractivity contribution in [3.05, 3.63) is 53.6 Å². The molecule has 0 spiro atoms. The molecule has 0 atom stereocenters. The van der Waals surface area contributed by atoms with Crippen LogP contribution in [0.15, 0.2) is 47.6 Å². The van der Waals surface area contributed by atoms with E-state index in [1.165, 1.54) is 0 Å². The Balaban J connectivity index is 1.56. The lowest BCUT2D eigenvalue weighted by molar-refractivity contribution is -0.119. The monoisotopic (exact) mass is 339 g/mol. The van der Waals surface area contributed by atoms with Crippen molar-refractivity contribution in [1.82, 2.24) is 5.43 Å². The number of hydrogen-bond acceptors (Lipinski definition) is 5. The quantitative estimate of drug-likeness (QED) is 0.649. The van der Waals surface area contributed by atoms with Gasteiger partial charge in [0.2, 0.25) is 0 Å². The average molecular weight is 339 g/mol. The minimum Gasteiger partial charge on any atom is -0.486 e. The van der Waals surface area contributed by atoms with Crippen molar-refractivity contribution in [2.45, 2.75) is 13.8 Å². The van der Waals surface area contributed by atoms with Crippen LogP contribution in [0, 0.1) is 6.92 Å². The van der Waals surface area contributed by atoms with Gasteiger partial charge in [0.15, 0.2) is 11.5 Å². The first kappa shape index (κ1) is 16.8. The van der Waals surface area contributed by atoms with E-state index in [-0.39, 0.29) is 12.5 Å². The van der Waals surface area contributed by atoms with Crippen LogP contribution in [0.5, 0.6) is 11.5 Å². The molecular formula is C19H21N3O3. The molecule has 0 aliphatic carbocycles. The normalized spacial score (nSPS) is 13.3. The number of carbonyl (C=O) groups excluding carboxylic acids is 1. The molecule has 130 valence electrons. The molecule has 1 heterocycles. The van der Waals surface area contributed by atoms with Crippen LogP contribution in [0.3, 0.4) is 0 Å². The number of anilines is 1. The second-order valence-electron chi connectivity index (χ2n) is 5.81. The minimum atomic E-state index is -0.210. The minimum absolute atomic E-state index is 0.154. The molecule has 0 bridgehead atoms. The SMILES string of the molecule is CC(=NNC(=O)CNc1cccc(C)c1)c1ccc2c(c1)OCCO2. The van der Waals surface area contributed by atoms with Crippen molar-refractivity contribution in [1.29, 1.82) is 0 Å². The lowest BCUT2D eigenvalue weighted by Gasteiger charge is -2.18. The molecule has 25 heavy (non-hydrogen) atoms. The molecule has 2 N–H and O–H groups in total. The molecule has 0 unspecified atom stereocenters. The van der Waals surface area contributed by atoms with Crippen molar-refractivity contribution in [2.24, 2.45) is 5.10 Å². The van der Waals surface area contributed by atoms with Crippen molar-refractivity contribution in [2.75, 3.05) is 25.1 Å². The molecule has 0 fully saturated rings. The first-order valence-electron chi connectivity index (χ1n) is 8.15. The van der Waals surface area contributed by atoms with E-state index in [0.717, 1.165) is 22.6 Å². The topological polar surface area (TPSA) is 72.0 Å². The predicted octanol–water partition coefficient (Wildman–Crippen LogP) is 2.72. The largest absolute Gasteiger partial charge is 0.486 e. The van der Waals surface area contributed by atoms with Crippen LogP contribution in [-0.4, -0.2) is 31.4 Å². The highest BCUT2D eigenvalue weighted by molar-refractivity contribution is 6.00. The van der Waals surface area contributed by atoms with Gasteiger partial charge in [0, 0.05) is 11.3 Å². The van der Waals surface area contributed by atoms with Gasteiger partial charge in [0.25, 0.3) is 5.91 Å². The number of rotatable bonds is 5. The van der Waals surface area contributed by atoms with Gasteiger partial charge < -0.3 is 14.8 Å². The number of benzene rings is 2. The molecule has 1 aliphatic heterocycles. The highest BCUT2D eigenvalue weighted by atomic mass is 16.6. The zero-order valence-electron chi connectivity index (χ0n) is 14.3. The number of hydrogen-bond donors (Lipinski definition) is 2. The first-order chi connectivity index (χ1) is 12.1. The summed E-state index contributed by atoms with van der Waals surface area (Å²) in [6.07, 6.45) is 0. The lowest BCUT2D eigenvalue weighted by Crippen LogP contribution is -2.26. The number of amides is 1. The van der Waals surface area contributed by atoms with E-state index in [2.05, 4.69) is 15.8 Å². The van der Waals surface area contributed by atoms with Crippen LogP contribution >= 0.6 is 0 Å². The number of hydrazone groups is 1. The molecule has 0 radical (unpaired) electrons. The van der Waals surface area contributed by atoms with Crippen LogP contribution in [0.4, 0.5) is 5.69 Å². The molecule has 6 heteroatoms. The van der Waals surface area contributed by atoms with Crippen molar-refractivity contribution in [3.8, 4) is 11.5 Å². The Bertz CT molecular complexity index is 802. The third kappa shape index (κ3) is 4.50. The Hall–Kier alpha value is -3.02. The Labute approximate surface area is 146 Å². The standard InChI is InChI=1S/C19H21N3O3/c1-13-4-3-5-16(10-13)20-12-19(23)22-21-14(2)15-6-7-17-18(11-15)25-9-8-24-17/h3-7,10-11,20H,8-9,12H2,1-2H3,(H,22,23). The van der Waals surface area contributed by atoms with Gasteiger partial charge in [-0.1, -0.05) is 12.1 Å².